The number of esters is 2. The minimum absolute atomic E-state index is 0.0131. The van der Waals surface area contributed by atoms with E-state index in [2.05, 4.69) is 0 Å². The van der Waals surface area contributed by atoms with Gasteiger partial charge < -0.3 is 34.3 Å². The summed E-state index contributed by atoms with van der Waals surface area (Å²) >= 11 is 0. The maximum absolute atomic E-state index is 11.7. The van der Waals surface area contributed by atoms with Crippen molar-refractivity contribution in [3.05, 3.63) is 47.5 Å². The fourth-order valence-corrected chi connectivity index (χ4v) is 2.40. The van der Waals surface area contributed by atoms with Crippen LogP contribution in [-0.2, 0) is 9.47 Å². The van der Waals surface area contributed by atoms with Crippen molar-refractivity contribution in [2.24, 2.45) is 0 Å². The minimum Gasteiger partial charge on any atom is -0.507 e. The first-order valence-electron chi connectivity index (χ1n) is 9.29. The van der Waals surface area contributed by atoms with Crippen LogP contribution in [0.2, 0.25) is 0 Å². The molecule has 0 saturated heterocycles. The zero-order valence-electron chi connectivity index (χ0n) is 16.7. The smallest absolute Gasteiger partial charge is 0.341 e. The van der Waals surface area contributed by atoms with Crippen molar-refractivity contribution >= 4 is 11.9 Å². The molecule has 0 aliphatic rings. The van der Waals surface area contributed by atoms with Crippen LogP contribution in [0.3, 0.4) is 0 Å². The molecule has 0 fully saturated rings. The van der Waals surface area contributed by atoms with Gasteiger partial charge in [0.25, 0.3) is 0 Å². The van der Waals surface area contributed by atoms with Gasteiger partial charge in [-0.15, -0.1) is 0 Å². The quantitative estimate of drug-likeness (QED) is 0.495. The average Bonchev–Trinajstić information content (AvgIpc) is 2.71. The number of aromatic hydroxyl groups is 2. The Balaban J connectivity index is 1.86. The van der Waals surface area contributed by atoms with Crippen LogP contribution in [0.25, 0.3) is 0 Å². The van der Waals surface area contributed by atoms with Gasteiger partial charge in [-0.2, -0.15) is 0 Å². The third-order valence-electron chi connectivity index (χ3n) is 3.81. The SMILES string of the molecule is CCOC(=O)c1ccc(OCC(O)COc2ccc(C(=O)OCC)c(O)c2)cc1O. The van der Waals surface area contributed by atoms with Crippen LogP contribution in [0.5, 0.6) is 23.0 Å². The molecule has 0 aliphatic carbocycles. The number of carbonyl (C=O) groups excluding carboxylic acids is 2. The number of rotatable bonds is 10. The normalized spacial score (nSPS) is 10.5. The zero-order valence-corrected chi connectivity index (χ0v) is 16.7. The first kappa shape index (κ1) is 22.8. The number of carbonyl (C=O) groups is 2. The monoisotopic (exact) mass is 420 g/mol. The van der Waals surface area contributed by atoms with E-state index in [0.717, 1.165) is 0 Å². The van der Waals surface area contributed by atoms with E-state index < -0.39 is 18.0 Å². The summed E-state index contributed by atoms with van der Waals surface area (Å²) in [4.78, 5) is 23.3. The summed E-state index contributed by atoms with van der Waals surface area (Å²) in [5, 5.41) is 29.8. The Hall–Kier alpha value is -3.46. The lowest BCUT2D eigenvalue weighted by atomic mass is 10.2. The number of ether oxygens (including phenoxy) is 4. The van der Waals surface area contributed by atoms with Gasteiger partial charge in [-0.05, 0) is 38.1 Å². The van der Waals surface area contributed by atoms with Crippen molar-refractivity contribution < 1.29 is 43.9 Å². The molecule has 2 aromatic carbocycles. The van der Waals surface area contributed by atoms with Gasteiger partial charge >= 0.3 is 11.9 Å². The second-order valence-electron chi connectivity index (χ2n) is 6.07. The van der Waals surface area contributed by atoms with E-state index in [-0.39, 0.29) is 60.6 Å². The van der Waals surface area contributed by atoms with Crippen LogP contribution in [0, 0.1) is 0 Å². The molecular formula is C21H24O9. The number of hydrogen-bond donors (Lipinski definition) is 3. The molecule has 0 unspecified atom stereocenters. The molecule has 3 N–H and O–H groups in total. The summed E-state index contributed by atoms with van der Waals surface area (Å²) in [6, 6.07) is 8.13. The highest BCUT2D eigenvalue weighted by Gasteiger charge is 2.15. The van der Waals surface area contributed by atoms with Gasteiger partial charge in [-0.3, -0.25) is 0 Å². The Morgan fingerprint density at radius 1 is 0.800 bits per heavy atom. The Bertz CT molecular complexity index is 807. The average molecular weight is 420 g/mol. The maximum atomic E-state index is 11.7. The number of aliphatic hydroxyl groups excluding tert-OH is 1. The van der Waals surface area contributed by atoms with Crippen LogP contribution < -0.4 is 9.47 Å². The molecule has 0 aromatic heterocycles. The summed E-state index contributed by atoms with van der Waals surface area (Å²) < 4.78 is 20.4. The summed E-state index contributed by atoms with van der Waals surface area (Å²) in [5.74, 6) is -1.39. The standard InChI is InChI=1S/C21H24O9/c1-3-27-20(25)16-7-5-14(9-18(16)23)29-11-13(22)12-30-15-6-8-17(19(24)10-15)21(26)28-4-2/h5-10,13,22-24H,3-4,11-12H2,1-2H3. The van der Waals surface area contributed by atoms with E-state index in [0.29, 0.717) is 0 Å². The number of benzene rings is 2. The van der Waals surface area contributed by atoms with E-state index in [1.54, 1.807) is 13.8 Å². The van der Waals surface area contributed by atoms with E-state index in [1.807, 2.05) is 0 Å². The van der Waals surface area contributed by atoms with Gasteiger partial charge in [-0.25, -0.2) is 9.59 Å². The third kappa shape index (κ3) is 6.28. The summed E-state index contributed by atoms with van der Waals surface area (Å²) in [6.45, 7) is 3.40. The second-order valence-corrected chi connectivity index (χ2v) is 6.07. The number of hydrogen-bond acceptors (Lipinski definition) is 9. The summed E-state index contributed by atoms with van der Waals surface area (Å²) in [7, 11) is 0. The Morgan fingerprint density at radius 2 is 1.20 bits per heavy atom. The Labute approximate surface area is 173 Å². The van der Waals surface area contributed by atoms with Gasteiger partial charge in [0.15, 0.2) is 0 Å². The molecule has 30 heavy (non-hydrogen) atoms. The lowest BCUT2D eigenvalue weighted by molar-refractivity contribution is 0.0513. The van der Waals surface area contributed by atoms with Crippen LogP contribution in [0.15, 0.2) is 36.4 Å². The topological polar surface area (TPSA) is 132 Å². The second kappa shape index (κ2) is 10.9. The van der Waals surface area contributed by atoms with Crippen molar-refractivity contribution in [1.82, 2.24) is 0 Å². The molecule has 0 radical (unpaired) electrons. The highest BCUT2D eigenvalue weighted by molar-refractivity contribution is 5.93. The number of phenolic OH excluding ortho intramolecular Hbond substituents is 2. The molecule has 2 rings (SSSR count). The predicted molar refractivity (Wildman–Crippen MR) is 105 cm³/mol. The van der Waals surface area contributed by atoms with Crippen LogP contribution in [-0.4, -0.2) is 59.8 Å². The first-order chi connectivity index (χ1) is 14.3. The van der Waals surface area contributed by atoms with Gasteiger partial charge in [0.2, 0.25) is 0 Å². The molecule has 0 atom stereocenters. The molecular weight excluding hydrogens is 396 g/mol. The number of phenols is 2. The Kier molecular flexibility index (Phi) is 8.30. The van der Waals surface area contributed by atoms with E-state index >= 15 is 0 Å². The van der Waals surface area contributed by atoms with E-state index in [1.165, 1.54) is 36.4 Å². The maximum Gasteiger partial charge on any atom is 0.341 e. The van der Waals surface area contributed by atoms with Gasteiger partial charge in [-0.1, -0.05) is 0 Å². The van der Waals surface area contributed by atoms with Gasteiger partial charge in [0.1, 0.15) is 53.4 Å². The molecule has 0 saturated carbocycles. The van der Waals surface area contributed by atoms with Crippen LogP contribution >= 0.6 is 0 Å². The van der Waals surface area contributed by atoms with E-state index in [4.69, 9.17) is 18.9 Å². The zero-order chi connectivity index (χ0) is 22.1. The summed E-state index contributed by atoms with van der Waals surface area (Å²) in [6.07, 6.45) is -1.02. The highest BCUT2D eigenvalue weighted by Crippen LogP contribution is 2.26. The molecule has 2 aromatic rings. The van der Waals surface area contributed by atoms with Gasteiger partial charge in [0.05, 0.1) is 13.2 Å². The van der Waals surface area contributed by atoms with Gasteiger partial charge in [0, 0.05) is 12.1 Å². The summed E-state index contributed by atoms with van der Waals surface area (Å²) in [5.41, 5.74) is 0.0262. The van der Waals surface area contributed by atoms with Crippen molar-refractivity contribution in [3.8, 4) is 23.0 Å². The van der Waals surface area contributed by atoms with Crippen molar-refractivity contribution in [2.45, 2.75) is 20.0 Å². The molecule has 9 nitrogen and oxygen atoms in total. The minimum atomic E-state index is -1.02. The molecule has 162 valence electrons. The van der Waals surface area contributed by atoms with E-state index in [9.17, 15) is 24.9 Å². The molecule has 9 heteroatoms. The first-order valence-corrected chi connectivity index (χ1v) is 9.29. The third-order valence-corrected chi connectivity index (χ3v) is 3.81. The molecule has 0 amide bonds. The predicted octanol–water partition coefficient (Wildman–Crippen LogP) is 2.27. The molecule has 0 bridgehead atoms. The highest BCUT2D eigenvalue weighted by atomic mass is 16.5. The fourth-order valence-electron chi connectivity index (χ4n) is 2.40. The van der Waals surface area contributed by atoms with Crippen LogP contribution in [0.1, 0.15) is 34.6 Å². The number of aliphatic hydroxyl groups is 1. The fraction of sp³-hybridized carbons (Fsp3) is 0.333. The molecule has 0 aliphatic heterocycles. The largest absolute Gasteiger partial charge is 0.507 e. The molecule has 0 spiro atoms. The van der Waals surface area contributed by atoms with Crippen molar-refractivity contribution in [3.63, 3.8) is 0 Å². The van der Waals surface area contributed by atoms with Crippen molar-refractivity contribution in [2.75, 3.05) is 26.4 Å². The molecule has 0 heterocycles. The Morgan fingerprint density at radius 3 is 1.53 bits per heavy atom. The lowest BCUT2D eigenvalue weighted by Gasteiger charge is -2.15. The van der Waals surface area contributed by atoms with Crippen LogP contribution in [0.4, 0.5) is 0 Å². The lowest BCUT2D eigenvalue weighted by Crippen LogP contribution is -2.25. The van der Waals surface area contributed by atoms with Crippen molar-refractivity contribution in [1.29, 1.82) is 0 Å².